The van der Waals surface area contributed by atoms with E-state index in [1.54, 1.807) is 31.2 Å². The summed E-state index contributed by atoms with van der Waals surface area (Å²) in [5.41, 5.74) is 2.79. The number of esters is 1. The normalized spacial score (nSPS) is 21.8. The van der Waals surface area contributed by atoms with Gasteiger partial charge in [0.15, 0.2) is 0 Å². The summed E-state index contributed by atoms with van der Waals surface area (Å²) in [6, 6.07) is 12.2. The van der Waals surface area contributed by atoms with Gasteiger partial charge in [-0.15, -0.1) is 0 Å². The van der Waals surface area contributed by atoms with Crippen LogP contribution in [-0.4, -0.2) is 39.9 Å². The van der Waals surface area contributed by atoms with Crippen LogP contribution in [0.15, 0.2) is 47.3 Å². The fourth-order valence-corrected chi connectivity index (χ4v) is 4.77. The smallest absolute Gasteiger partial charge is 0.337 e. The third-order valence-electron chi connectivity index (χ3n) is 6.36. The van der Waals surface area contributed by atoms with Crippen LogP contribution in [0.2, 0.25) is 0 Å². The highest BCUT2D eigenvalue weighted by Gasteiger charge is 2.50. The molecule has 172 valence electrons. The number of H-pyrrole nitrogens is 2. The van der Waals surface area contributed by atoms with Crippen molar-refractivity contribution in [2.75, 3.05) is 12.4 Å². The molecule has 8 heteroatoms. The van der Waals surface area contributed by atoms with E-state index in [9.17, 15) is 19.5 Å². The molecule has 4 N–H and O–H groups in total. The van der Waals surface area contributed by atoms with E-state index in [1.807, 2.05) is 32.0 Å². The summed E-state index contributed by atoms with van der Waals surface area (Å²) in [5, 5.41) is 19.8. The number of hydrogen-bond acceptors (Lipinski definition) is 5. The topological polar surface area (TPSA) is 124 Å². The van der Waals surface area contributed by atoms with Gasteiger partial charge in [-0.2, -0.15) is 0 Å². The highest BCUT2D eigenvalue weighted by molar-refractivity contribution is 5.95. The van der Waals surface area contributed by atoms with E-state index in [1.165, 1.54) is 7.11 Å². The van der Waals surface area contributed by atoms with Gasteiger partial charge in [-0.05, 0) is 50.1 Å². The fourth-order valence-electron chi connectivity index (χ4n) is 4.77. The summed E-state index contributed by atoms with van der Waals surface area (Å²) < 4.78 is 4.76. The van der Waals surface area contributed by atoms with Crippen molar-refractivity contribution >= 4 is 17.6 Å². The van der Waals surface area contributed by atoms with Gasteiger partial charge in [-0.3, -0.25) is 14.7 Å². The molecule has 0 saturated carbocycles. The van der Waals surface area contributed by atoms with Crippen LogP contribution in [0.1, 0.15) is 51.1 Å². The molecule has 1 aliphatic rings. The predicted molar refractivity (Wildman–Crippen MR) is 123 cm³/mol. The second-order valence-electron chi connectivity index (χ2n) is 8.88. The molecule has 0 aliphatic heterocycles. The van der Waals surface area contributed by atoms with Gasteiger partial charge in [0.2, 0.25) is 5.91 Å². The van der Waals surface area contributed by atoms with Crippen LogP contribution in [-0.2, 0) is 16.0 Å². The maximum absolute atomic E-state index is 13.6. The Labute approximate surface area is 191 Å². The van der Waals surface area contributed by atoms with Gasteiger partial charge >= 0.3 is 5.97 Å². The Kier molecular flexibility index (Phi) is 5.71. The molecule has 4 rings (SSSR count). The molecule has 0 unspecified atom stereocenters. The zero-order valence-electron chi connectivity index (χ0n) is 19.0. The van der Waals surface area contributed by atoms with Crippen LogP contribution in [0.4, 0.5) is 5.69 Å². The van der Waals surface area contributed by atoms with Gasteiger partial charge in [0.1, 0.15) is 0 Å². The highest BCUT2D eigenvalue weighted by Crippen LogP contribution is 2.44. The summed E-state index contributed by atoms with van der Waals surface area (Å²) in [6.45, 7) is 5.47. The van der Waals surface area contributed by atoms with E-state index in [0.29, 0.717) is 28.1 Å². The van der Waals surface area contributed by atoms with E-state index in [4.69, 9.17) is 4.74 Å². The summed E-state index contributed by atoms with van der Waals surface area (Å²) in [6.07, 6.45) is 0.114. The minimum atomic E-state index is -1.44. The molecule has 0 saturated heterocycles. The van der Waals surface area contributed by atoms with Crippen molar-refractivity contribution in [3.8, 4) is 0 Å². The van der Waals surface area contributed by atoms with Gasteiger partial charge in [-0.1, -0.05) is 29.8 Å². The van der Waals surface area contributed by atoms with E-state index in [2.05, 4.69) is 15.5 Å². The standard InChI is InChI=1S/C25H27N3O5/c1-13-5-10-17(14(2)11-13)26-23(30)21-19(15-6-8-16(9-7-15)24(31)33-4)20-18(12-25(21,3)32)27-28-22(20)29/h5-11,19,21,32H,12H2,1-4H3,(H,26,30)(H2,27,28,29)/t19-,21+,25-/m1/s1. The fraction of sp³-hybridized carbons (Fsp3) is 0.320. The molecule has 3 aromatic rings. The number of benzene rings is 2. The molecular weight excluding hydrogens is 422 g/mol. The Morgan fingerprint density at radius 2 is 1.82 bits per heavy atom. The second-order valence-corrected chi connectivity index (χ2v) is 8.88. The molecule has 2 aromatic carbocycles. The molecule has 0 spiro atoms. The third-order valence-corrected chi connectivity index (χ3v) is 6.36. The molecule has 0 fully saturated rings. The minimum Gasteiger partial charge on any atom is -0.465 e. The zero-order chi connectivity index (χ0) is 23.9. The van der Waals surface area contributed by atoms with Crippen LogP contribution in [0.25, 0.3) is 0 Å². The minimum absolute atomic E-state index is 0.114. The number of aliphatic hydroxyl groups is 1. The van der Waals surface area contributed by atoms with E-state index < -0.39 is 23.4 Å². The average Bonchev–Trinajstić information content (AvgIpc) is 3.13. The monoisotopic (exact) mass is 449 g/mol. The number of carbonyl (C=O) groups is 2. The number of rotatable bonds is 4. The lowest BCUT2D eigenvalue weighted by Gasteiger charge is -2.41. The quantitative estimate of drug-likeness (QED) is 0.456. The van der Waals surface area contributed by atoms with Crippen molar-refractivity contribution in [3.05, 3.63) is 86.3 Å². The number of aromatic amines is 2. The average molecular weight is 450 g/mol. The molecule has 1 heterocycles. The molecule has 1 aromatic heterocycles. The van der Waals surface area contributed by atoms with Crippen molar-refractivity contribution in [2.24, 2.45) is 5.92 Å². The molecule has 1 aliphatic carbocycles. The van der Waals surface area contributed by atoms with Crippen molar-refractivity contribution in [1.29, 1.82) is 0 Å². The first-order chi connectivity index (χ1) is 15.6. The lowest BCUT2D eigenvalue weighted by atomic mass is 9.66. The van der Waals surface area contributed by atoms with E-state index in [0.717, 1.165) is 11.1 Å². The van der Waals surface area contributed by atoms with E-state index in [-0.39, 0.29) is 17.9 Å². The molecule has 1 amide bonds. The summed E-state index contributed by atoms with van der Waals surface area (Å²) >= 11 is 0. The Bertz CT molecular complexity index is 1270. The molecular formula is C25H27N3O5. The summed E-state index contributed by atoms with van der Waals surface area (Å²) in [7, 11) is 1.30. The first-order valence-corrected chi connectivity index (χ1v) is 10.7. The van der Waals surface area contributed by atoms with Crippen LogP contribution < -0.4 is 10.9 Å². The lowest BCUT2D eigenvalue weighted by Crippen LogP contribution is -2.51. The van der Waals surface area contributed by atoms with Gasteiger partial charge < -0.3 is 20.3 Å². The van der Waals surface area contributed by atoms with Gasteiger partial charge in [0.05, 0.1) is 24.2 Å². The summed E-state index contributed by atoms with van der Waals surface area (Å²) in [4.78, 5) is 38.2. The first kappa shape index (κ1) is 22.5. The van der Waals surface area contributed by atoms with Gasteiger partial charge in [0, 0.05) is 29.3 Å². The largest absolute Gasteiger partial charge is 0.465 e. The predicted octanol–water partition coefficient (Wildman–Crippen LogP) is 2.80. The second kappa shape index (κ2) is 8.37. The number of hydrogen-bond donors (Lipinski definition) is 4. The highest BCUT2D eigenvalue weighted by atomic mass is 16.5. The first-order valence-electron chi connectivity index (χ1n) is 10.7. The molecule has 8 nitrogen and oxygen atoms in total. The van der Waals surface area contributed by atoms with Crippen LogP contribution >= 0.6 is 0 Å². The Balaban J connectivity index is 1.80. The van der Waals surface area contributed by atoms with Gasteiger partial charge in [0.25, 0.3) is 5.56 Å². The zero-order valence-corrected chi connectivity index (χ0v) is 19.0. The lowest BCUT2D eigenvalue weighted by molar-refractivity contribution is -0.130. The maximum Gasteiger partial charge on any atom is 0.337 e. The van der Waals surface area contributed by atoms with Crippen LogP contribution in [0, 0.1) is 19.8 Å². The number of aromatic nitrogens is 2. The summed E-state index contributed by atoms with van der Waals surface area (Å²) in [5.74, 6) is -2.55. The van der Waals surface area contributed by atoms with Crippen molar-refractivity contribution in [2.45, 2.75) is 38.7 Å². The van der Waals surface area contributed by atoms with Crippen molar-refractivity contribution in [3.63, 3.8) is 0 Å². The maximum atomic E-state index is 13.6. The molecule has 0 bridgehead atoms. The number of anilines is 1. The Morgan fingerprint density at radius 3 is 2.45 bits per heavy atom. The Hall–Kier alpha value is -3.65. The van der Waals surface area contributed by atoms with Crippen LogP contribution in [0.3, 0.4) is 0 Å². The van der Waals surface area contributed by atoms with E-state index >= 15 is 0 Å². The van der Waals surface area contributed by atoms with Crippen molar-refractivity contribution < 1.29 is 19.4 Å². The molecule has 3 atom stereocenters. The number of carbonyl (C=O) groups excluding carboxylic acids is 2. The number of nitrogens with one attached hydrogen (secondary N) is 3. The number of amides is 1. The molecule has 33 heavy (non-hydrogen) atoms. The number of methoxy groups -OCH3 is 1. The SMILES string of the molecule is COC(=O)c1ccc([C@@H]2c3c([nH][nH]c3=O)C[C@@](C)(O)[C@@H]2C(=O)Nc2ccc(C)cc2C)cc1. The molecule has 0 radical (unpaired) electrons. The van der Waals surface area contributed by atoms with Gasteiger partial charge in [-0.25, -0.2) is 4.79 Å². The number of ether oxygens (including phenoxy) is 1. The van der Waals surface area contributed by atoms with Crippen molar-refractivity contribution in [1.82, 2.24) is 10.2 Å². The number of aryl methyl sites for hydroxylation is 2. The Morgan fingerprint density at radius 1 is 1.12 bits per heavy atom. The number of fused-ring (bicyclic) bond motifs is 1. The van der Waals surface area contributed by atoms with Crippen LogP contribution in [0.5, 0.6) is 0 Å². The third kappa shape index (κ3) is 4.09.